The Morgan fingerprint density at radius 1 is 1.35 bits per heavy atom. The zero-order valence-electron chi connectivity index (χ0n) is 9.63. The summed E-state index contributed by atoms with van der Waals surface area (Å²) in [4.78, 5) is 11.4. The summed E-state index contributed by atoms with van der Waals surface area (Å²) in [7, 11) is 0. The Bertz CT molecular complexity index is 392. The molecule has 1 aromatic carbocycles. The lowest BCUT2D eigenvalue weighted by molar-refractivity contribution is -0.119. The molecule has 0 saturated heterocycles. The molecule has 1 amide bonds. The summed E-state index contributed by atoms with van der Waals surface area (Å²) in [6, 6.07) is 7.81. The van der Waals surface area contributed by atoms with Crippen LogP contribution < -0.4 is 10.6 Å². The first-order valence-corrected chi connectivity index (χ1v) is 6.88. The Hall–Kier alpha value is -0.940. The number of alkyl halides is 1. The number of nitrogens with one attached hydrogen (secondary N) is 2. The molecule has 3 nitrogen and oxygen atoms in total. The predicted molar refractivity (Wildman–Crippen MR) is 78.6 cm³/mol. The molecule has 17 heavy (non-hydrogen) atoms. The van der Waals surface area contributed by atoms with Gasteiger partial charge in [0, 0.05) is 17.4 Å². The average Bonchev–Trinajstić information content (AvgIpc) is 2.29. The summed E-state index contributed by atoms with van der Waals surface area (Å²) in [5.74, 6) is -0.0611. The van der Waals surface area contributed by atoms with E-state index < -0.39 is 0 Å². The van der Waals surface area contributed by atoms with Crippen LogP contribution in [0, 0.1) is 6.92 Å². The van der Waals surface area contributed by atoms with Gasteiger partial charge >= 0.3 is 0 Å². The van der Waals surface area contributed by atoms with E-state index in [2.05, 4.69) is 26.6 Å². The molecule has 1 rings (SSSR count). The van der Waals surface area contributed by atoms with Crippen LogP contribution in [-0.2, 0) is 4.79 Å². The lowest BCUT2D eigenvalue weighted by atomic mass is 10.2. The molecule has 92 valence electrons. The van der Waals surface area contributed by atoms with Crippen molar-refractivity contribution in [3.63, 3.8) is 0 Å². The van der Waals surface area contributed by atoms with E-state index in [1.165, 1.54) is 5.56 Å². The highest BCUT2D eigenvalue weighted by Crippen LogP contribution is 2.08. The fourth-order valence-corrected chi connectivity index (χ4v) is 1.73. The Labute approximate surface area is 115 Å². The van der Waals surface area contributed by atoms with Gasteiger partial charge in [-0.05, 0) is 37.7 Å². The molecule has 0 spiro atoms. The van der Waals surface area contributed by atoms with Gasteiger partial charge in [0.25, 0.3) is 0 Å². The van der Waals surface area contributed by atoms with Crippen LogP contribution in [-0.4, -0.2) is 16.3 Å². The van der Waals surface area contributed by atoms with Crippen LogP contribution in [0.25, 0.3) is 0 Å². The van der Waals surface area contributed by atoms with Gasteiger partial charge in [0.2, 0.25) is 5.91 Å². The fraction of sp³-hybridized carbons (Fsp3) is 0.333. The van der Waals surface area contributed by atoms with Crippen molar-refractivity contribution in [2.45, 2.75) is 19.8 Å². The molecule has 0 radical (unpaired) electrons. The molecule has 0 heterocycles. The van der Waals surface area contributed by atoms with E-state index in [-0.39, 0.29) is 5.91 Å². The standard InChI is InChI=1S/C12H15BrN2OS/c1-9-4-6-10(7-5-9)14-12(17)15-11(16)3-2-8-13/h4-7H,2-3,8H2,1H3,(H2,14,15,16,17). The summed E-state index contributed by atoms with van der Waals surface area (Å²) in [5, 5.41) is 6.76. The Balaban J connectivity index is 2.39. The van der Waals surface area contributed by atoms with Gasteiger partial charge in [-0.2, -0.15) is 0 Å². The van der Waals surface area contributed by atoms with Gasteiger partial charge in [-0.25, -0.2) is 0 Å². The second-order valence-electron chi connectivity index (χ2n) is 3.66. The minimum Gasteiger partial charge on any atom is -0.332 e. The Kier molecular flexibility index (Phi) is 6.15. The van der Waals surface area contributed by atoms with Gasteiger partial charge in [-0.15, -0.1) is 0 Å². The summed E-state index contributed by atoms with van der Waals surface area (Å²) in [6.07, 6.45) is 1.28. The Morgan fingerprint density at radius 2 is 2.00 bits per heavy atom. The highest BCUT2D eigenvalue weighted by atomic mass is 79.9. The maximum absolute atomic E-state index is 11.4. The zero-order valence-corrected chi connectivity index (χ0v) is 12.0. The van der Waals surface area contributed by atoms with Crippen LogP contribution in [0.15, 0.2) is 24.3 Å². The minimum atomic E-state index is -0.0611. The average molecular weight is 315 g/mol. The van der Waals surface area contributed by atoms with E-state index in [1.807, 2.05) is 31.2 Å². The first-order valence-electron chi connectivity index (χ1n) is 5.35. The summed E-state index contributed by atoms with van der Waals surface area (Å²) in [6.45, 7) is 2.02. The second kappa shape index (κ2) is 7.40. The first-order chi connectivity index (χ1) is 8.11. The number of carbonyl (C=O) groups is 1. The van der Waals surface area contributed by atoms with Crippen LogP contribution in [0.1, 0.15) is 18.4 Å². The van der Waals surface area contributed by atoms with Crippen molar-refractivity contribution in [1.29, 1.82) is 0 Å². The number of aryl methyl sites for hydroxylation is 1. The number of thiocarbonyl (C=S) groups is 1. The topological polar surface area (TPSA) is 41.1 Å². The molecule has 0 fully saturated rings. The zero-order chi connectivity index (χ0) is 12.7. The van der Waals surface area contributed by atoms with Crippen molar-refractivity contribution < 1.29 is 4.79 Å². The van der Waals surface area contributed by atoms with Crippen molar-refractivity contribution in [3.05, 3.63) is 29.8 Å². The summed E-state index contributed by atoms with van der Waals surface area (Å²) in [5.41, 5.74) is 2.06. The van der Waals surface area contributed by atoms with Crippen molar-refractivity contribution in [2.75, 3.05) is 10.6 Å². The number of halogens is 1. The molecular formula is C12H15BrN2OS. The highest BCUT2D eigenvalue weighted by molar-refractivity contribution is 9.09. The molecule has 0 saturated carbocycles. The maximum Gasteiger partial charge on any atom is 0.226 e. The van der Waals surface area contributed by atoms with E-state index >= 15 is 0 Å². The molecule has 0 bridgehead atoms. The van der Waals surface area contributed by atoms with Gasteiger partial charge in [-0.3, -0.25) is 4.79 Å². The molecule has 0 aliphatic carbocycles. The van der Waals surface area contributed by atoms with E-state index in [9.17, 15) is 4.79 Å². The van der Waals surface area contributed by atoms with Crippen molar-refractivity contribution >= 4 is 44.9 Å². The SMILES string of the molecule is Cc1ccc(NC(=S)NC(=O)CCCBr)cc1. The van der Waals surface area contributed by atoms with Gasteiger partial charge in [0.05, 0.1) is 0 Å². The molecular weight excluding hydrogens is 300 g/mol. The van der Waals surface area contributed by atoms with Gasteiger partial charge in [0.15, 0.2) is 5.11 Å². The van der Waals surface area contributed by atoms with Crippen LogP contribution in [0.3, 0.4) is 0 Å². The van der Waals surface area contributed by atoms with Gasteiger partial charge in [0.1, 0.15) is 0 Å². The largest absolute Gasteiger partial charge is 0.332 e. The quantitative estimate of drug-likeness (QED) is 0.663. The predicted octanol–water partition coefficient (Wildman–Crippen LogP) is 2.98. The maximum atomic E-state index is 11.4. The number of benzene rings is 1. The first kappa shape index (κ1) is 14.1. The lowest BCUT2D eigenvalue weighted by Crippen LogP contribution is -2.33. The van der Waals surface area contributed by atoms with E-state index in [1.54, 1.807) is 0 Å². The van der Waals surface area contributed by atoms with Crippen LogP contribution >= 0.6 is 28.1 Å². The number of carbonyl (C=O) groups excluding carboxylic acids is 1. The second-order valence-corrected chi connectivity index (χ2v) is 4.86. The highest BCUT2D eigenvalue weighted by Gasteiger charge is 2.03. The fourth-order valence-electron chi connectivity index (χ4n) is 1.22. The third-order valence-electron chi connectivity index (χ3n) is 2.10. The molecule has 0 atom stereocenters. The third kappa shape index (κ3) is 5.79. The number of hydrogen-bond donors (Lipinski definition) is 2. The van der Waals surface area contributed by atoms with Gasteiger partial charge < -0.3 is 10.6 Å². The lowest BCUT2D eigenvalue weighted by Gasteiger charge is -2.09. The number of rotatable bonds is 4. The molecule has 0 aliphatic heterocycles. The van der Waals surface area contributed by atoms with Crippen LogP contribution in [0.5, 0.6) is 0 Å². The van der Waals surface area contributed by atoms with E-state index in [4.69, 9.17) is 12.2 Å². The molecule has 0 aromatic heterocycles. The smallest absolute Gasteiger partial charge is 0.226 e. The van der Waals surface area contributed by atoms with Crippen molar-refractivity contribution in [3.8, 4) is 0 Å². The summed E-state index contributed by atoms with van der Waals surface area (Å²) < 4.78 is 0. The monoisotopic (exact) mass is 314 g/mol. The molecule has 1 aromatic rings. The summed E-state index contributed by atoms with van der Waals surface area (Å²) >= 11 is 8.32. The molecule has 0 aliphatic rings. The van der Waals surface area contributed by atoms with Crippen molar-refractivity contribution in [2.24, 2.45) is 0 Å². The normalized spacial score (nSPS) is 9.76. The third-order valence-corrected chi connectivity index (χ3v) is 2.86. The molecule has 2 N–H and O–H groups in total. The van der Waals surface area contributed by atoms with E-state index in [0.717, 1.165) is 17.4 Å². The molecule has 0 unspecified atom stereocenters. The van der Waals surface area contributed by atoms with Crippen LogP contribution in [0.2, 0.25) is 0 Å². The number of anilines is 1. The number of amides is 1. The Morgan fingerprint density at radius 3 is 2.59 bits per heavy atom. The van der Waals surface area contributed by atoms with Crippen LogP contribution in [0.4, 0.5) is 5.69 Å². The minimum absolute atomic E-state index is 0.0611. The van der Waals surface area contributed by atoms with Gasteiger partial charge in [-0.1, -0.05) is 33.6 Å². The van der Waals surface area contributed by atoms with Crippen molar-refractivity contribution in [1.82, 2.24) is 5.32 Å². The van der Waals surface area contributed by atoms with E-state index in [0.29, 0.717) is 11.5 Å². The number of hydrogen-bond acceptors (Lipinski definition) is 2. The molecule has 5 heteroatoms.